The monoisotopic (exact) mass is 552 g/mol. The number of rotatable bonds is 6. The van der Waals surface area contributed by atoms with Crippen LogP contribution in [0, 0.1) is 5.82 Å². The minimum atomic E-state index is -2.72. The maximum Gasteiger partial charge on any atom is 0.330 e. The molecule has 0 bridgehead atoms. The van der Waals surface area contributed by atoms with E-state index in [0.29, 0.717) is 25.9 Å². The molecule has 0 saturated carbocycles. The molecule has 0 aliphatic carbocycles. The summed E-state index contributed by atoms with van der Waals surface area (Å²) in [6.45, 7) is 7.16. The highest BCUT2D eigenvalue weighted by atomic mass is 28.4. The Morgan fingerprint density at radius 1 is 0.974 bits per heavy atom. The topological polar surface area (TPSA) is 82.6 Å². The van der Waals surface area contributed by atoms with Crippen molar-refractivity contribution in [2.75, 3.05) is 6.61 Å². The van der Waals surface area contributed by atoms with Crippen molar-refractivity contribution < 1.29 is 18.3 Å². The first kappa shape index (κ1) is 27.7. The zero-order chi connectivity index (χ0) is 27.7. The lowest BCUT2D eigenvalue weighted by Gasteiger charge is -2.47. The zero-order valence-electron chi connectivity index (χ0n) is 22.8. The van der Waals surface area contributed by atoms with Crippen molar-refractivity contribution in [3.05, 3.63) is 93.5 Å². The van der Waals surface area contributed by atoms with Gasteiger partial charge in [-0.3, -0.25) is 14.3 Å². The fraction of sp³-hybridized carbons (Fsp3) is 0.467. The van der Waals surface area contributed by atoms with Crippen molar-refractivity contribution in [1.29, 1.82) is 0 Å². The van der Waals surface area contributed by atoms with Gasteiger partial charge in [-0.05, 0) is 41.1 Å². The van der Waals surface area contributed by atoms with Gasteiger partial charge in [-0.1, -0.05) is 81.4 Å². The van der Waals surface area contributed by atoms with Gasteiger partial charge < -0.3 is 13.9 Å². The van der Waals surface area contributed by atoms with Gasteiger partial charge in [-0.25, -0.2) is 4.79 Å². The molecular weight excluding hydrogens is 515 g/mol. The predicted octanol–water partition coefficient (Wildman–Crippen LogP) is 4.22. The van der Waals surface area contributed by atoms with Gasteiger partial charge in [0, 0.05) is 12.8 Å². The van der Waals surface area contributed by atoms with Crippen LogP contribution >= 0.6 is 0 Å². The molecule has 0 unspecified atom stereocenters. The van der Waals surface area contributed by atoms with Crippen LogP contribution < -0.4 is 21.6 Å². The summed E-state index contributed by atoms with van der Waals surface area (Å²) in [5.41, 5.74) is -1.72. The second kappa shape index (κ2) is 11.0. The average molecular weight is 553 g/mol. The van der Waals surface area contributed by atoms with E-state index in [2.05, 4.69) is 69.3 Å². The van der Waals surface area contributed by atoms with Gasteiger partial charge in [0.15, 0.2) is 5.79 Å². The van der Waals surface area contributed by atoms with Crippen LogP contribution in [0.2, 0.25) is 5.04 Å². The largest absolute Gasteiger partial charge is 0.405 e. The molecule has 2 fully saturated rings. The lowest BCUT2D eigenvalue weighted by atomic mass is 9.94. The first-order valence-electron chi connectivity index (χ1n) is 13.8. The van der Waals surface area contributed by atoms with Crippen LogP contribution in [-0.4, -0.2) is 36.4 Å². The van der Waals surface area contributed by atoms with E-state index in [-0.39, 0.29) is 11.1 Å². The Morgan fingerprint density at radius 2 is 1.56 bits per heavy atom. The molecule has 3 atom stereocenters. The summed E-state index contributed by atoms with van der Waals surface area (Å²) in [5, 5.41) is 2.27. The Morgan fingerprint density at radius 3 is 2.15 bits per heavy atom. The molecule has 1 aromatic heterocycles. The van der Waals surface area contributed by atoms with E-state index in [4.69, 9.17) is 13.9 Å². The Labute approximate surface area is 229 Å². The maximum absolute atomic E-state index is 14.0. The van der Waals surface area contributed by atoms with Crippen molar-refractivity contribution in [3.8, 4) is 0 Å². The van der Waals surface area contributed by atoms with Crippen molar-refractivity contribution in [2.24, 2.45) is 0 Å². The number of aromatic amines is 1. The SMILES string of the molecule is CC(C)(C)[Si](OC[C@@H]1CCC[C@]2(CCC[C@H](n3cc(F)c(=O)[nH]c3=O)O2)O1)(c1ccccc1)c1ccccc1. The first-order chi connectivity index (χ1) is 18.6. The molecule has 2 aromatic carbocycles. The van der Waals surface area contributed by atoms with Crippen LogP contribution in [0.25, 0.3) is 0 Å². The Kier molecular flexibility index (Phi) is 7.79. The molecule has 2 aliphatic heterocycles. The summed E-state index contributed by atoms with van der Waals surface area (Å²) in [7, 11) is -2.72. The molecule has 2 saturated heterocycles. The summed E-state index contributed by atoms with van der Waals surface area (Å²) in [6.07, 6.45) is 4.38. The number of benzene rings is 2. The quantitative estimate of drug-likeness (QED) is 0.463. The first-order valence-corrected chi connectivity index (χ1v) is 15.7. The summed E-state index contributed by atoms with van der Waals surface area (Å²) in [5.74, 6) is -1.90. The highest BCUT2D eigenvalue weighted by Gasteiger charge is 2.51. The summed E-state index contributed by atoms with van der Waals surface area (Å²) in [6, 6.07) is 21.0. The second-order valence-corrected chi connectivity index (χ2v) is 15.9. The predicted molar refractivity (Wildman–Crippen MR) is 150 cm³/mol. The van der Waals surface area contributed by atoms with Crippen LogP contribution in [0.15, 0.2) is 76.4 Å². The van der Waals surface area contributed by atoms with Crippen LogP contribution in [-0.2, 0) is 13.9 Å². The molecule has 9 heteroatoms. The lowest BCUT2D eigenvalue weighted by molar-refractivity contribution is -0.330. The summed E-state index contributed by atoms with van der Waals surface area (Å²) in [4.78, 5) is 26.0. The van der Waals surface area contributed by atoms with E-state index >= 15 is 0 Å². The van der Waals surface area contributed by atoms with Gasteiger partial charge in [-0.2, -0.15) is 4.39 Å². The molecule has 1 N–H and O–H groups in total. The normalized spacial score (nSPS) is 24.1. The molecule has 208 valence electrons. The van der Waals surface area contributed by atoms with Gasteiger partial charge in [0.05, 0.1) is 18.9 Å². The zero-order valence-corrected chi connectivity index (χ0v) is 23.8. The molecule has 0 radical (unpaired) electrons. The number of ether oxygens (including phenoxy) is 2. The Hall–Kier alpha value is -2.85. The maximum atomic E-state index is 14.0. The molecule has 1 spiro atoms. The highest BCUT2D eigenvalue weighted by molar-refractivity contribution is 6.99. The molecule has 3 heterocycles. The highest BCUT2D eigenvalue weighted by Crippen LogP contribution is 2.43. The van der Waals surface area contributed by atoms with Gasteiger partial charge in [0.2, 0.25) is 5.82 Å². The van der Waals surface area contributed by atoms with Crippen molar-refractivity contribution in [3.63, 3.8) is 0 Å². The molecular formula is C30H37FN2O5Si. The van der Waals surface area contributed by atoms with E-state index < -0.39 is 37.4 Å². The summed E-state index contributed by atoms with van der Waals surface area (Å²) < 4.78 is 35.3. The minimum Gasteiger partial charge on any atom is -0.405 e. The smallest absolute Gasteiger partial charge is 0.330 e. The number of hydrogen-bond acceptors (Lipinski definition) is 5. The van der Waals surface area contributed by atoms with E-state index in [1.807, 2.05) is 17.1 Å². The van der Waals surface area contributed by atoms with Crippen molar-refractivity contribution >= 4 is 18.7 Å². The van der Waals surface area contributed by atoms with Crippen LogP contribution in [0.1, 0.15) is 65.5 Å². The van der Waals surface area contributed by atoms with Gasteiger partial charge in [0.25, 0.3) is 13.9 Å². The van der Waals surface area contributed by atoms with E-state index in [1.54, 1.807) is 0 Å². The van der Waals surface area contributed by atoms with Gasteiger partial charge >= 0.3 is 5.69 Å². The van der Waals surface area contributed by atoms with E-state index in [1.165, 1.54) is 10.4 Å². The number of nitrogens with zero attached hydrogens (tertiary/aromatic N) is 1. The molecule has 5 rings (SSSR count). The molecule has 2 aliphatic rings. The summed E-state index contributed by atoms with van der Waals surface area (Å²) >= 11 is 0. The third-order valence-corrected chi connectivity index (χ3v) is 13.0. The Bertz CT molecular complexity index is 1340. The average Bonchev–Trinajstić information content (AvgIpc) is 2.92. The van der Waals surface area contributed by atoms with Crippen LogP contribution in [0.4, 0.5) is 4.39 Å². The van der Waals surface area contributed by atoms with Crippen molar-refractivity contribution in [2.45, 2.75) is 82.5 Å². The lowest BCUT2D eigenvalue weighted by Crippen LogP contribution is -2.67. The minimum absolute atomic E-state index is 0.149. The molecule has 3 aromatic rings. The third-order valence-electron chi connectivity index (χ3n) is 7.96. The number of H-pyrrole nitrogens is 1. The fourth-order valence-corrected chi connectivity index (χ4v) is 10.8. The number of nitrogens with one attached hydrogen (secondary N) is 1. The number of hydrogen-bond donors (Lipinski definition) is 1. The van der Waals surface area contributed by atoms with Gasteiger partial charge in [-0.15, -0.1) is 0 Å². The number of halogens is 1. The van der Waals surface area contributed by atoms with Crippen molar-refractivity contribution in [1.82, 2.24) is 9.55 Å². The molecule has 0 amide bonds. The third kappa shape index (κ3) is 5.45. The van der Waals surface area contributed by atoms with Gasteiger partial charge in [0.1, 0.15) is 6.23 Å². The molecule has 7 nitrogen and oxygen atoms in total. The van der Waals surface area contributed by atoms with E-state index in [9.17, 15) is 14.0 Å². The second-order valence-electron chi connectivity index (χ2n) is 11.6. The molecule has 39 heavy (non-hydrogen) atoms. The van der Waals surface area contributed by atoms with E-state index in [0.717, 1.165) is 30.0 Å². The van der Waals surface area contributed by atoms with Crippen LogP contribution in [0.5, 0.6) is 0 Å². The number of aromatic nitrogens is 2. The van der Waals surface area contributed by atoms with Crippen LogP contribution in [0.3, 0.4) is 0 Å². The fourth-order valence-electron chi connectivity index (χ4n) is 6.17. The Balaban J connectivity index is 1.40. The standard InChI is InChI=1S/C30H37FN2O5Si/c1-29(2,3)39(23-13-6-4-7-14-23,24-15-8-5-9-16-24)36-21-22-12-10-18-30(37-22)19-11-17-26(38-30)33-20-25(31)27(34)32-28(33)35/h4-9,13-16,20,22,26H,10-12,17-19,21H2,1-3H3,(H,32,34,35)/t22-,26+,30-/m0/s1.